The Labute approximate surface area is 176 Å². The van der Waals surface area contributed by atoms with Crippen LogP contribution < -0.4 is 16.9 Å². The smallest absolute Gasteiger partial charge is 0.213 e. The molecule has 0 unspecified atom stereocenters. The van der Waals surface area contributed by atoms with E-state index >= 15 is 0 Å². The molecule has 0 fully saturated rings. The minimum Gasteiger partial charge on any atom is -0.399 e. The van der Waals surface area contributed by atoms with Crippen molar-refractivity contribution in [1.82, 2.24) is 0 Å². The van der Waals surface area contributed by atoms with Gasteiger partial charge in [0.25, 0.3) is 0 Å². The van der Waals surface area contributed by atoms with Crippen molar-refractivity contribution in [3.8, 4) is 0 Å². The van der Waals surface area contributed by atoms with Gasteiger partial charge in [-0.25, -0.2) is 0 Å². The molecule has 0 amide bonds. The van der Waals surface area contributed by atoms with Crippen LogP contribution in [0.25, 0.3) is 5.57 Å². The fourth-order valence-corrected chi connectivity index (χ4v) is 4.25. The summed E-state index contributed by atoms with van der Waals surface area (Å²) in [7, 11) is 0. The van der Waals surface area contributed by atoms with Gasteiger partial charge in [0.15, 0.2) is 0 Å². The topological polar surface area (TPSA) is 77.6 Å². The minimum atomic E-state index is 0.751. The first-order chi connectivity index (χ1) is 12.7. The molecule has 2 aromatic rings. The summed E-state index contributed by atoms with van der Waals surface area (Å²) < 4.78 is 1.77. The van der Waals surface area contributed by atoms with Crippen molar-refractivity contribution in [3.05, 3.63) is 84.8 Å². The Kier molecular flexibility index (Phi) is 5.45. The zero-order valence-electron chi connectivity index (χ0n) is 15.5. The SMILES string of the molecule is CC1=C/C(=C(\c2ccc(N)c(C)c2)c2cc(C)c(N)c(Br)c2)C=C(Br)C1=[NH2+]. The lowest BCUT2D eigenvalue weighted by atomic mass is 9.87. The highest BCUT2D eigenvalue weighted by Gasteiger charge is 2.20. The summed E-state index contributed by atoms with van der Waals surface area (Å²) in [5.41, 5.74) is 21.9. The highest BCUT2D eigenvalue weighted by atomic mass is 79.9. The Bertz CT molecular complexity index is 1010. The number of anilines is 2. The van der Waals surface area contributed by atoms with E-state index in [0.29, 0.717) is 0 Å². The fraction of sp³-hybridized carbons (Fsp3) is 0.136. The van der Waals surface area contributed by atoms with E-state index in [-0.39, 0.29) is 0 Å². The second-order valence-corrected chi connectivity index (χ2v) is 8.53. The van der Waals surface area contributed by atoms with Gasteiger partial charge in [0, 0.05) is 21.4 Å². The average Bonchev–Trinajstić information content (AvgIpc) is 2.60. The molecule has 0 aliphatic heterocycles. The van der Waals surface area contributed by atoms with E-state index in [1.54, 1.807) is 0 Å². The van der Waals surface area contributed by atoms with Crippen LogP contribution in [0.1, 0.15) is 29.2 Å². The first-order valence-electron chi connectivity index (χ1n) is 8.54. The van der Waals surface area contributed by atoms with Crippen molar-refractivity contribution >= 4 is 54.5 Å². The third-order valence-electron chi connectivity index (χ3n) is 4.81. The largest absolute Gasteiger partial charge is 0.399 e. The normalized spacial score (nSPS) is 16.1. The molecule has 3 rings (SSSR count). The molecule has 0 aromatic heterocycles. The number of allylic oxidation sites excluding steroid dienone is 5. The fourth-order valence-electron chi connectivity index (χ4n) is 3.13. The number of hydrogen-bond acceptors (Lipinski definition) is 2. The van der Waals surface area contributed by atoms with Crippen LogP contribution in [-0.2, 0) is 0 Å². The number of nitrogens with two attached hydrogens (primary N) is 3. The van der Waals surface area contributed by atoms with Crippen LogP contribution in [0.15, 0.2) is 62.6 Å². The molecule has 6 N–H and O–H groups in total. The van der Waals surface area contributed by atoms with Crippen molar-refractivity contribution in [2.75, 3.05) is 11.5 Å². The molecule has 0 atom stereocenters. The summed E-state index contributed by atoms with van der Waals surface area (Å²) in [5, 5.41) is 6.14. The summed E-state index contributed by atoms with van der Waals surface area (Å²) in [6.45, 7) is 6.05. The summed E-state index contributed by atoms with van der Waals surface area (Å²) in [4.78, 5) is 0. The second kappa shape index (κ2) is 7.49. The Hall–Kier alpha value is -2.11. The highest BCUT2D eigenvalue weighted by molar-refractivity contribution is 9.12. The van der Waals surface area contributed by atoms with E-state index < -0.39 is 0 Å². The molecular weight excluding hydrogens is 466 g/mol. The molecule has 0 heterocycles. The van der Waals surface area contributed by atoms with Crippen LogP contribution in [-0.4, -0.2) is 5.71 Å². The zero-order chi connectivity index (χ0) is 19.9. The van der Waals surface area contributed by atoms with Crippen molar-refractivity contribution < 1.29 is 5.41 Å². The Morgan fingerprint density at radius 3 is 2.15 bits per heavy atom. The van der Waals surface area contributed by atoms with E-state index in [9.17, 15) is 0 Å². The Balaban J connectivity index is 2.36. The molecule has 1 aliphatic carbocycles. The highest BCUT2D eigenvalue weighted by Crippen LogP contribution is 2.37. The maximum Gasteiger partial charge on any atom is 0.213 e. The molecule has 3 nitrogen and oxygen atoms in total. The van der Waals surface area contributed by atoms with E-state index in [0.717, 1.165) is 65.0 Å². The van der Waals surface area contributed by atoms with Gasteiger partial charge in [-0.15, -0.1) is 0 Å². The van der Waals surface area contributed by atoms with Gasteiger partial charge in [-0.3, -0.25) is 5.41 Å². The van der Waals surface area contributed by atoms with Crippen molar-refractivity contribution in [1.29, 1.82) is 0 Å². The number of aryl methyl sites for hydroxylation is 2. The lowest BCUT2D eigenvalue weighted by molar-refractivity contribution is -0.111. The lowest BCUT2D eigenvalue weighted by Gasteiger charge is -2.18. The average molecular weight is 488 g/mol. The van der Waals surface area contributed by atoms with Gasteiger partial charge in [-0.1, -0.05) is 6.07 Å². The van der Waals surface area contributed by atoms with Gasteiger partial charge in [0.05, 0.1) is 4.48 Å². The van der Waals surface area contributed by atoms with Crippen molar-refractivity contribution in [3.63, 3.8) is 0 Å². The number of benzene rings is 2. The molecule has 2 aromatic carbocycles. The minimum absolute atomic E-state index is 0.751. The van der Waals surface area contributed by atoms with Crippen molar-refractivity contribution in [2.24, 2.45) is 0 Å². The summed E-state index contributed by atoms with van der Waals surface area (Å²) in [6, 6.07) is 10.3. The molecule has 0 saturated heterocycles. The molecule has 0 saturated carbocycles. The van der Waals surface area contributed by atoms with Gasteiger partial charge in [-0.05, 0) is 122 Å². The first kappa shape index (κ1) is 19.6. The van der Waals surface area contributed by atoms with Crippen molar-refractivity contribution in [2.45, 2.75) is 20.8 Å². The molecule has 1 aliphatic rings. The maximum atomic E-state index is 6.14. The predicted molar refractivity (Wildman–Crippen MR) is 123 cm³/mol. The third-order valence-corrected chi connectivity index (χ3v) is 6.12. The lowest BCUT2D eigenvalue weighted by Crippen LogP contribution is -2.41. The predicted octanol–water partition coefficient (Wildman–Crippen LogP) is 4.47. The van der Waals surface area contributed by atoms with Crippen LogP contribution in [0.5, 0.6) is 0 Å². The number of hydrogen-bond donors (Lipinski definition) is 3. The van der Waals surface area contributed by atoms with Gasteiger partial charge < -0.3 is 11.5 Å². The van der Waals surface area contributed by atoms with Gasteiger partial charge in [-0.2, -0.15) is 0 Å². The van der Waals surface area contributed by atoms with E-state index in [1.165, 1.54) is 0 Å². The zero-order valence-corrected chi connectivity index (χ0v) is 18.7. The molecular formula is C22H22Br2N3+. The van der Waals surface area contributed by atoms with E-state index in [1.807, 2.05) is 26.8 Å². The molecule has 0 bridgehead atoms. The monoisotopic (exact) mass is 486 g/mol. The van der Waals surface area contributed by atoms with Crippen LogP contribution >= 0.6 is 31.9 Å². The summed E-state index contributed by atoms with van der Waals surface area (Å²) in [6.07, 6.45) is 4.17. The molecule has 5 heteroatoms. The Morgan fingerprint density at radius 1 is 0.889 bits per heavy atom. The van der Waals surface area contributed by atoms with E-state index in [2.05, 4.69) is 68.3 Å². The van der Waals surface area contributed by atoms with Crippen LogP contribution in [0, 0.1) is 13.8 Å². The molecule has 0 radical (unpaired) electrons. The van der Waals surface area contributed by atoms with Crippen LogP contribution in [0.2, 0.25) is 0 Å². The molecule has 27 heavy (non-hydrogen) atoms. The number of nitrogen functional groups attached to an aromatic ring is 2. The summed E-state index contributed by atoms with van der Waals surface area (Å²) in [5.74, 6) is 0. The molecule has 138 valence electrons. The Morgan fingerprint density at radius 2 is 1.56 bits per heavy atom. The van der Waals surface area contributed by atoms with Gasteiger partial charge in [0.1, 0.15) is 0 Å². The maximum absolute atomic E-state index is 6.14. The van der Waals surface area contributed by atoms with Gasteiger partial charge in [0.2, 0.25) is 5.71 Å². The van der Waals surface area contributed by atoms with Gasteiger partial charge >= 0.3 is 0 Å². The molecule has 0 spiro atoms. The quantitative estimate of drug-likeness (QED) is 0.546. The van der Waals surface area contributed by atoms with Crippen LogP contribution in [0.4, 0.5) is 11.4 Å². The third kappa shape index (κ3) is 3.80. The summed E-state index contributed by atoms with van der Waals surface area (Å²) >= 11 is 7.18. The number of rotatable bonds is 2. The standard InChI is InChI=1S/C22H21Br2N3/c1-11-6-14(4-5-19(11)25)20(15-7-12(2)21(26)17(23)9-15)16-8-13(3)22(27)18(24)10-16/h4-10,26H,25,27H2,1-3H3/p+1/b20-15-,26-21?. The first-order valence-corrected chi connectivity index (χ1v) is 10.1. The van der Waals surface area contributed by atoms with E-state index in [4.69, 9.17) is 16.9 Å². The second-order valence-electron chi connectivity index (χ2n) is 6.82. The van der Waals surface area contributed by atoms with Crippen LogP contribution in [0.3, 0.4) is 0 Å². The number of halogens is 2.